The minimum atomic E-state index is 0.827. The number of hydrogen-bond donors (Lipinski definition) is 0. The van der Waals surface area contributed by atoms with Gasteiger partial charge in [-0.3, -0.25) is 4.99 Å². The van der Waals surface area contributed by atoms with E-state index in [0.717, 1.165) is 11.9 Å². The number of para-hydroxylation sites is 1. The molecule has 0 spiro atoms. The van der Waals surface area contributed by atoms with E-state index in [-0.39, 0.29) is 0 Å². The maximum atomic E-state index is 4.47. The number of allylic oxidation sites excluding steroid dienone is 1. The number of fused-ring (bicyclic) bond motifs is 1. The van der Waals surface area contributed by atoms with Gasteiger partial charge in [-0.2, -0.15) is 0 Å². The number of benzene rings is 1. The SMILES string of the molecule is CC1=CC=c2ccccc2=NC1. The van der Waals surface area contributed by atoms with Gasteiger partial charge in [-0.25, -0.2) is 0 Å². The van der Waals surface area contributed by atoms with E-state index in [9.17, 15) is 0 Å². The van der Waals surface area contributed by atoms with Crippen LogP contribution in [0.3, 0.4) is 0 Å². The summed E-state index contributed by atoms with van der Waals surface area (Å²) in [5.74, 6) is 0. The van der Waals surface area contributed by atoms with Gasteiger partial charge in [0.2, 0.25) is 0 Å². The topological polar surface area (TPSA) is 12.4 Å². The van der Waals surface area contributed by atoms with Gasteiger partial charge in [-0.1, -0.05) is 35.9 Å². The molecule has 0 amide bonds. The highest BCUT2D eigenvalue weighted by atomic mass is 14.7. The van der Waals surface area contributed by atoms with E-state index < -0.39 is 0 Å². The van der Waals surface area contributed by atoms with E-state index in [1.165, 1.54) is 10.8 Å². The number of rotatable bonds is 0. The molecule has 1 aliphatic heterocycles. The highest BCUT2D eigenvalue weighted by molar-refractivity contribution is 5.40. The molecule has 0 N–H and O–H groups in total. The summed E-state index contributed by atoms with van der Waals surface area (Å²) in [7, 11) is 0. The Balaban J connectivity index is 2.72. The van der Waals surface area contributed by atoms with Gasteiger partial charge in [0.1, 0.15) is 0 Å². The smallest absolute Gasteiger partial charge is 0.0650 e. The molecule has 0 saturated carbocycles. The number of nitrogens with zero attached hydrogens (tertiary/aromatic N) is 1. The van der Waals surface area contributed by atoms with Crippen molar-refractivity contribution in [1.82, 2.24) is 0 Å². The van der Waals surface area contributed by atoms with E-state index in [1.54, 1.807) is 0 Å². The molecule has 60 valence electrons. The summed E-state index contributed by atoms with van der Waals surface area (Å²) in [6, 6.07) is 8.21. The minimum Gasteiger partial charge on any atom is -0.280 e. The average Bonchev–Trinajstić information content (AvgIpc) is 2.29. The zero-order chi connectivity index (χ0) is 8.39. The van der Waals surface area contributed by atoms with Crippen molar-refractivity contribution in [1.29, 1.82) is 0 Å². The maximum Gasteiger partial charge on any atom is 0.0650 e. The van der Waals surface area contributed by atoms with Crippen molar-refractivity contribution in [3.8, 4) is 0 Å². The Morgan fingerprint density at radius 3 is 2.92 bits per heavy atom. The minimum absolute atomic E-state index is 0.827. The van der Waals surface area contributed by atoms with Crippen LogP contribution in [-0.4, -0.2) is 6.54 Å². The molecular formula is C11H11N. The Bertz CT molecular complexity index is 427. The van der Waals surface area contributed by atoms with Gasteiger partial charge >= 0.3 is 0 Å². The third-order valence-corrected chi connectivity index (χ3v) is 1.98. The first-order chi connectivity index (χ1) is 5.86. The predicted molar refractivity (Wildman–Crippen MR) is 50.3 cm³/mol. The molecule has 1 aromatic carbocycles. The highest BCUT2D eigenvalue weighted by Crippen LogP contribution is 1.94. The van der Waals surface area contributed by atoms with E-state index in [2.05, 4.69) is 36.2 Å². The van der Waals surface area contributed by atoms with Gasteiger partial charge in [-0.05, 0) is 18.2 Å². The van der Waals surface area contributed by atoms with Crippen LogP contribution in [0.25, 0.3) is 6.08 Å². The largest absolute Gasteiger partial charge is 0.280 e. The van der Waals surface area contributed by atoms with Crippen molar-refractivity contribution < 1.29 is 0 Å². The summed E-state index contributed by atoms with van der Waals surface area (Å²) < 4.78 is 0. The fourth-order valence-corrected chi connectivity index (χ4v) is 1.27. The molecule has 1 aromatic rings. The van der Waals surface area contributed by atoms with Crippen molar-refractivity contribution in [2.24, 2.45) is 4.99 Å². The highest BCUT2D eigenvalue weighted by Gasteiger charge is 1.91. The second-order valence-corrected chi connectivity index (χ2v) is 3.05. The molecule has 12 heavy (non-hydrogen) atoms. The van der Waals surface area contributed by atoms with Crippen LogP contribution < -0.4 is 10.6 Å². The summed E-state index contributed by atoms with van der Waals surface area (Å²) in [6.07, 6.45) is 4.26. The molecule has 0 fully saturated rings. The molecule has 1 nitrogen and oxygen atoms in total. The molecule has 1 heterocycles. The van der Waals surface area contributed by atoms with Gasteiger partial charge in [0.05, 0.1) is 11.9 Å². The molecule has 0 aliphatic carbocycles. The third-order valence-electron chi connectivity index (χ3n) is 1.98. The van der Waals surface area contributed by atoms with E-state index in [1.807, 2.05) is 12.1 Å². The quantitative estimate of drug-likeness (QED) is 0.533. The first kappa shape index (κ1) is 7.29. The Labute approximate surface area is 71.8 Å². The lowest BCUT2D eigenvalue weighted by Gasteiger charge is -1.88. The van der Waals surface area contributed by atoms with Gasteiger partial charge in [0.25, 0.3) is 0 Å². The summed E-state index contributed by atoms with van der Waals surface area (Å²) >= 11 is 0. The van der Waals surface area contributed by atoms with Crippen molar-refractivity contribution >= 4 is 6.08 Å². The van der Waals surface area contributed by atoms with E-state index in [4.69, 9.17) is 0 Å². The van der Waals surface area contributed by atoms with Crippen LogP contribution in [0.2, 0.25) is 0 Å². The zero-order valence-corrected chi connectivity index (χ0v) is 7.12. The van der Waals surface area contributed by atoms with Crippen molar-refractivity contribution in [2.75, 3.05) is 6.54 Å². The van der Waals surface area contributed by atoms with Gasteiger partial charge in [-0.15, -0.1) is 0 Å². The van der Waals surface area contributed by atoms with Crippen LogP contribution >= 0.6 is 0 Å². The molecule has 1 heteroatoms. The summed E-state index contributed by atoms with van der Waals surface area (Å²) in [5, 5.41) is 2.32. The molecular weight excluding hydrogens is 146 g/mol. The lowest BCUT2D eigenvalue weighted by atomic mass is 10.2. The Morgan fingerprint density at radius 2 is 2.00 bits per heavy atom. The lowest BCUT2D eigenvalue weighted by Crippen LogP contribution is -2.23. The number of hydrogen-bond acceptors (Lipinski definition) is 1. The summed E-state index contributed by atoms with van der Waals surface area (Å²) in [5.41, 5.74) is 1.31. The molecule has 0 saturated heterocycles. The van der Waals surface area contributed by atoms with Crippen molar-refractivity contribution in [3.63, 3.8) is 0 Å². The Kier molecular flexibility index (Phi) is 1.78. The molecule has 1 aliphatic rings. The normalized spacial score (nSPS) is 14.9. The average molecular weight is 157 g/mol. The molecule has 0 bridgehead atoms. The van der Waals surface area contributed by atoms with E-state index >= 15 is 0 Å². The van der Waals surface area contributed by atoms with Gasteiger partial charge in [0.15, 0.2) is 0 Å². The first-order valence-corrected chi connectivity index (χ1v) is 4.13. The zero-order valence-electron chi connectivity index (χ0n) is 7.12. The fourth-order valence-electron chi connectivity index (χ4n) is 1.27. The molecule has 0 atom stereocenters. The Hall–Kier alpha value is -1.37. The second-order valence-electron chi connectivity index (χ2n) is 3.05. The molecule has 2 rings (SSSR count). The fraction of sp³-hybridized carbons (Fsp3) is 0.182. The van der Waals surface area contributed by atoms with Crippen molar-refractivity contribution in [2.45, 2.75) is 6.92 Å². The van der Waals surface area contributed by atoms with E-state index in [0.29, 0.717) is 0 Å². The standard InChI is InChI=1S/C11H11N/c1-9-6-7-10-4-2-3-5-11(10)12-8-9/h2-7H,8H2,1H3. The second kappa shape index (κ2) is 2.94. The maximum absolute atomic E-state index is 4.47. The van der Waals surface area contributed by atoms with Crippen LogP contribution in [0.1, 0.15) is 6.92 Å². The predicted octanol–water partition coefficient (Wildman–Crippen LogP) is 1.05. The van der Waals surface area contributed by atoms with Crippen molar-refractivity contribution in [3.05, 3.63) is 46.5 Å². The van der Waals surface area contributed by atoms with Crippen LogP contribution in [0.15, 0.2) is 40.9 Å². The van der Waals surface area contributed by atoms with Gasteiger partial charge in [0, 0.05) is 0 Å². The van der Waals surface area contributed by atoms with Gasteiger partial charge < -0.3 is 0 Å². The van der Waals surface area contributed by atoms with Crippen LogP contribution in [-0.2, 0) is 0 Å². The first-order valence-electron chi connectivity index (χ1n) is 4.13. The molecule has 0 aromatic heterocycles. The summed E-state index contributed by atoms with van der Waals surface area (Å²) in [6.45, 7) is 2.93. The van der Waals surface area contributed by atoms with Crippen LogP contribution in [0.4, 0.5) is 0 Å². The molecule has 0 radical (unpaired) electrons. The summed E-state index contributed by atoms with van der Waals surface area (Å²) in [4.78, 5) is 4.47. The lowest BCUT2D eigenvalue weighted by molar-refractivity contribution is 1.07. The monoisotopic (exact) mass is 157 g/mol. The van der Waals surface area contributed by atoms with Crippen LogP contribution in [0, 0.1) is 0 Å². The Morgan fingerprint density at radius 1 is 1.17 bits per heavy atom. The molecule has 0 unspecified atom stereocenters. The third kappa shape index (κ3) is 1.30. The van der Waals surface area contributed by atoms with Crippen LogP contribution in [0.5, 0.6) is 0 Å².